The number of hydrogen-bond donors (Lipinski definition) is 0. The van der Waals surface area contributed by atoms with Crippen LogP contribution in [0.15, 0.2) is 60.7 Å². The van der Waals surface area contributed by atoms with Crippen LogP contribution in [0.3, 0.4) is 0 Å². The Morgan fingerprint density at radius 2 is 0.962 bits per heavy atom. The van der Waals surface area contributed by atoms with Gasteiger partial charge in [-0.15, -0.1) is 0 Å². The van der Waals surface area contributed by atoms with E-state index in [9.17, 15) is 9.59 Å². The molecule has 0 heterocycles. The van der Waals surface area contributed by atoms with E-state index in [0.29, 0.717) is 73.8 Å². The lowest BCUT2D eigenvalue weighted by Gasteiger charge is -2.19. The Kier molecular flexibility index (Phi) is 13.4. The highest BCUT2D eigenvalue weighted by Crippen LogP contribution is 2.44. The van der Waals surface area contributed by atoms with Crippen molar-refractivity contribution in [2.24, 2.45) is 0 Å². The van der Waals surface area contributed by atoms with E-state index in [4.69, 9.17) is 52.1 Å². The van der Waals surface area contributed by atoms with E-state index in [2.05, 4.69) is 0 Å². The predicted molar refractivity (Wildman–Crippen MR) is 194 cm³/mol. The summed E-state index contributed by atoms with van der Waals surface area (Å²) >= 11 is 0. The molecule has 0 radical (unpaired) electrons. The number of hydrogen-bond acceptors (Lipinski definition) is 13. The van der Waals surface area contributed by atoms with E-state index in [1.807, 2.05) is 0 Å². The number of methoxy groups -OCH3 is 9. The largest absolute Gasteiger partial charge is 0.493 e. The first-order valence-corrected chi connectivity index (χ1v) is 15.7. The standard InChI is InChI=1S/C39H42O13/c1-42-28-16-23(17-29(43-2)37(28)48-7)10-14-34(40)51-22-33(25-12-13-27-26(20-25)21-32(46-5)39(50-9)36(27)47-6)52-35(41)15-11-24-18-30(44-3)38(49-8)31(19-24)45-4/h10-21,33H,22H2,1-9H3/b14-10+,15-11+/t33-/m1/s1. The lowest BCUT2D eigenvalue weighted by molar-refractivity contribution is -0.153. The highest BCUT2D eigenvalue weighted by molar-refractivity contribution is 5.94. The Morgan fingerprint density at radius 1 is 0.519 bits per heavy atom. The van der Waals surface area contributed by atoms with Gasteiger partial charge in [-0.3, -0.25) is 0 Å². The maximum Gasteiger partial charge on any atom is 0.331 e. The molecule has 0 N–H and O–H groups in total. The number of esters is 2. The van der Waals surface area contributed by atoms with Crippen LogP contribution in [-0.4, -0.2) is 82.5 Å². The zero-order valence-corrected chi connectivity index (χ0v) is 30.5. The average Bonchev–Trinajstić information content (AvgIpc) is 3.18. The maximum atomic E-state index is 13.3. The molecule has 13 nitrogen and oxygen atoms in total. The van der Waals surface area contributed by atoms with Crippen molar-refractivity contribution < 1.29 is 61.7 Å². The van der Waals surface area contributed by atoms with E-state index < -0.39 is 18.0 Å². The summed E-state index contributed by atoms with van der Waals surface area (Å²) in [4.78, 5) is 26.2. The third-order valence-electron chi connectivity index (χ3n) is 7.87. The zero-order chi connectivity index (χ0) is 37.8. The lowest BCUT2D eigenvalue weighted by atomic mass is 10.0. The molecular formula is C39H42O13. The van der Waals surface area contributed by atoms with Gasteiger partial charge in [-0.2, -0.15) is 0 Å². The van der Waals surface area contributed by atoms with Gasteiger partial charge in [0.25, 0.3) is 0 Å². The van der Waals surface area contributed by atoms with Gasteiger partial charge in [-0.25, -0.2) is 9.59 Å². The van der Waals surface area contributed by atoms with Gasteiger partial charge in [0.05, 0.1) is 64.0 Å². The molecule has 0 aliphatic carbocycles. The van der Waals surface area contributed by atoms with Gasteiger partial charge in [0.2, 0.25) is 17.2 Å². The molecule has 0 aliphatic rings. The van der Waals surface area contributed by atoms with Crippen molar-refractivity contribution in [3.8, 4) is 51.7 Å². The van der Waals surface area contributed by atoms with Crippen molar-refractivity contribution in [3.63, 3.8) is 0 Å². The monoisotopic (exact) mass is 718 g/mol. The molecule has 4 aromatic carbocycles. The van der Waals surface area contributed by atoms with Gasteiger partial charge in [0.1, 0.15) is 6.61 Å². The van der Waals surface area contributed by atoms with Crippen LogP contribution in [0.2, 0.25) is 0 Å². The molecule has 276 valence electrons. The molecule has 0 spiro atoms. The van der Waals surface area contributed by atoms with Crippen LogP contribution < -0.4 is 42.6 Å². The van der Waals surface area contributed by atoms with Crippen LogP contribution in [0.4, 0.5) is 0 Å². The maximum absolute atomic E-state index is 13.3. The Bertz CT molecular complexity index is 1900. The number of ether oxygens (including phenoxy) is 11. The van der Waals surface area contributed by atoms with Crippen molar-refractivity contribution in [1.82, 2.24) is 0 Å². The first-order valence-electron chi connectivity index (χ1n) is 15.7. The summed E-state index contributed by atoms with van der Waals surface area (Å²) in [6.45, 7) is -0.307. The SMILES string of the molecule is COc1cc(/C=C/C(=O)OC[C@@H](OC(=O)/C=C/c2cc(OC)c(OC)c(OC)c2)c2ccc3c(OC)c(OC)c(OC)cc3c2)cc(OC)c1OC. The summed E-state index contributed by atoms with van der Waals surface area (Å²) in [7, 11) is 13.5. The second-order valence-corrected chi connectivity index (χ2v) is 10.8. The van der Waals surface area contributed by atoms with E-state index in [-0.39, 0.29) is 6.61 Å². The minimum Gasteiger partial charge on any atom is -0.493 e. The first-order chi connectivity index (χ1) is 25.2. The Morgan fingerprint density at radius 3 is 1.40 bits per heavy atom. The molecule has 4 aromatic rings. The second kappa shape index (κ2) is 18.1. The molecule has 0 fully saturated rings. The molecule has 0 bridgehead atoms. The molecule has 0 amide bonds. The van der Waals surface area contributed by atoms with Crippen LogP contribution >= 0.6 is 0 Å². The van der Waals surface area contributed by atoms with E-state index in [0.717, 1.165) is 5.39 Å². The summed E-state index contributed by atoms with van der Waals surface area (Å²) in [5, 5.41) is 1.43. The molecule has 0 aromatic heterocycles. The smallest absolute Gasteiger partial charge is 0.331 e. The lowest BCUT2D eigenvalue weighted by Crippen LogP contribution is -2.17. The molecule has 0 aliphatic heterocycles. The summed E-state index contributed by atoms with van der Waals surface area (Å²) in [6, 6.07) is 13.8. The first kappa shape index (κ1) is 38.6. The third-order valence-corrected chi connectivity index (χ3v) is 7.87. The Balaban J connectivity index is 1.64. The van der Waals surface area contributed by atoms with Crippen LogP contribution in [0.25, 0.3) is 22.9 Å². The molecular weight excluding hydrogens is 676 g/mol. The quantitative estimate of drug-likeness (QED) is 0.0872. The number of benzene rings is 4. The van der Waals surface area contributed by atoms with Crippen molar-refractivity contribution in [1.29, 1.82) is 0 Å². The molecule has 13 heteroatoms. The average molecular weight is 719 g/mol. The molecule has 52 heavy (non-hydrogen) atoms. The molecule has 0 unspecified atom stereocenters. The van der Waals surface area contributed by atoms with Gasteiger partial charge in [-0.1, -0.05) is 12.1 Å². The molecule has 0 saturated carbocycles. The fourth-order valence-corrected chi connectivity index (χ4v) is 5.40. The van der Waals surface area contributed by atoms with Gasteiger partial charge in [0, 0.05) is 17.5 Å². The van der Waals surface area contributed by atoms with Crippen LogP contribution in [0.1, 0.15) is 22.8 Å². The highest BCUT2D eigenvalue weighted by Gasteiger charge is 2.22. The molecule has 0 saturated heterocycles. The molecule has 4 rings (SSSR count). The predicted octanol–water partition coefficient (Wildman–Crippen LogP) is 6.47. The number of carbonyl (C=O) groups excluding carboxylic acids is 2. The number of fused-ring (bicyclic) bond motifs is 1. The summed E-state index contributed by atoms with van der Waals surface area (Å²) in [5.41, 5.74) is 1.72. The van der Waals surface area contributed by atoms with Gasteiger partial charge in [-0.05, 0) is 70.6 Å². The van der Waals surface area contributed by atoms with Crippen LogP contribution in [-0.2, 0) is 19.1 Å². The Hall–Kier alpha value is -6.24. The second-order valence-electron chi connectivity index (χ2n) is 10.8. The normalized spacial score (nSPS) is 11.6. The van der Waals surface area contributed by atoms with Crippen LogP contribution in [0.5, 0.6) is 51.7 Å². The van der Waals surface area contributed by atoms with E-state index >= 15 is 0 Å². The van der Waals surface area contributed by atoms with Crippen molar-refractivity contribution in [2.45, 2.75) is 6.10 Å². The van der Waals surface area contributed by atoms with E-state index in [1.165, 1.54) is 82.2 Å². The topological polar surface area (TPSA) is 136 Å². The highest BCUT2D eigenvalue weighted by atomic mass is 16.6. The van der Waals surface area contributed by atoms with Crippen LogP contribution in [0, 0.1) is 0 Å². The summed E-state index contributed by atoms with van der Waals surface area (Å²) < 4.78 is 60.5. The fourth-order valence-electron chi connectivity index (χ4n) is 5.40. The Labute approximate surface area is 302 Å². The zero-order valence-electron chi connectivity index (χ0n) is 30.5. The van der Waals surface area contributed by atoms with Crippen molar-refractivity contribution in [2.75, 3.05) is 70.6 Å². The minimum absolute atomic E-state index is 0.307. The fraction of sp³-hybridized carbons (Fsp3) is 0.282. The number of carbonyl (C=O) groups is 2. The van der Waals surface area contributed by atoms with E-state index in [1.54, 1.807) is 54.6 Å². The summed E-state index contributed by atoms with van der Waals surface area (Å²) in [6.07, 6.45) is 4.55. The van der Waals surface area contributed by atoms with Gasteiger partial charge < -0.3 is 52.1 Å². The number of rotatable bonds is 17. The summed E-state index contributed by atoms with van der Waals surface area (Å²) in [5.74, 6) is 2.44. The third kappa shape index (κ3) is 8.73. The van der Waals surface area contributed by atoms with Crippen molar-refractivity contribution >= 4 is 34.9 Å². The minimum atomic E-state index is -1.01. The van der Waals surface area contributed by atoms with Gasteiger partial charge >= 0.3 is 11.9 Å². The molecule has 1 atom stereocenters. The van der Waals surface area contributed by atoms with Gasteiger partial charge in [0.15, 0.2) is 40.6 Å². The van der Waals surface area contributed by atoms with Crippen molar-refractivity contribution in [3.05, 3.63) is 77.4 Å².